The van der Waals surface area contributed by atoms with Crippen molar-refractivity contribution in [2.75, 3.05) is 12.9 Å². The molecule has 94 valence electrons. The molecule has 1 unspecified atom stereocenters. The summed E-state index contributed by atoms with van der Waals surface area (Å²) in [6.07, 6.45) is 1.03. The van der Waals surface area contributed by atoms with Crippen LogP contribution in [0, 0.1) is 0 Å². The fourth-order valence-corrected chi connectivity index (χ4v) is 2.45. The van der Waals surface area contributed by atoms with Crippen molar-refractivity contribution in [1.82, 2.24) is 4.98 Å². The van der Waals surface area contributed by atoms with E-state index in [1.807, 2.05) is 30.3 Å². The summed E-state index contributed by atoms with van der Waals surface area (Å²) in [5.41, 5.74) is 0.587. The fraction of sp³-hybridized carbons (Fsp3) is 0.214. The smallest absolute Gasteiger partial charge is 0.143 e. The van der Waals surface area contributed by atoms with Crippen LogP contribution in [0.2, 0.25) is 0 Å². The Morgan fingerprint density at radius 2 is 2.00 bits per heavy atom. The van der Waals surface area contributed by atoms with Gasteiger partial charge in [0.05, 0.1) is 7.11 Å². The zero-order valence-electron chi connectivity index (χ0n) is 10.1. The Morgan fingerprint density at radius 1 is 1.22 bits per heavy atom. The molecule has 0 aliphatic rings. The number of aliphatic hydroxyl groups is 1. The highest BCUT2D eigenvalue weighted by molar-refractivity contribution is 7.99. The van der Waals surface area contributed by atoms with Crippen molar-refractivity contribution in [1.29, 1.82) is 0 Å². The van der Waals surface area contributed by atoms with Gasteiger partial charge >= 0.3 is 0 Å². The topological polar surface area (TPSA) is 42.4 Å². The van der Waals surface area contributed by atoms with Crippen LogP contribution in [-0.2, 0) is 0 Å². The Balaban J connectivity index is 2.01. The second kappa shape index (κ2) is 6.42. The average Bonchev–Trinajstić information content (AvgIpc) is 2.45. The molecular formula is C14H15NO2S. The van der Waals surface area contributed by atoms with Crippen LogP contribution >= 0.6 is 11.8 Å². The number of ether oxygens (including phenoxy) is 1. The number of benzene rings is 1. The molecule has 0 amide bonds. The fourth-order valence-electron chi connectivity index (χ4n) is 1.60. The summed E-state index contributed by atoms with van der Waals surface area (Å²) in [5, 5.41) is 10.1. The third kappa shape index (κ3) is 3.24. The molecule has 1 atom stereocenters. The van der Waals surface area contributed by atoms with Crippen molar-refractivity contribution in [2.45, 2.75) is 11.0 Å². The molecule has 3 nitrogen and oxygen atoms in total. The van der Waals surface area contributed by atoms with Gasteiger partial charge in [-0.25, -0.2) is 0 Å². The maximum atomic E-state index is 10.1. The summed E-state index contributed by atoms with van der Waals surface area (Å²) in [5.74, 6) is 1.18. The lowest BCUT2D eigenvalue weighted by atomic mass is 10.2. The quantitative estimate of drug-likeness (QED) is 0.840. The Bertz CT molecular complexity index is 490. The minimum Gasteiger partial charge on any atom is -0.495 e. The van der Waals surface area contributed by atoms with E-state index in [2.05, 4.69) is 4.98 Å². The normalized spacial score (nSPS) is 12.1. The molecule has 0 aliphatic heterocycles. The van der Waals surface area contributed by atoms with Crippen LogP contribution < -0.4 is 4.74 Å². The molecule has 0 aliphatic carbocycles. The lowest BCUT2D eigenvalue weighted by Crippen LogP contribution is -2.05. The van der Waals surface area contributed by atoms with Gasteiger partial charge in [0.1, 0.15) is 17.5 Å². The molecule has 4 heteroatoms. The minimum atomic E-state index is -0.633. The van der Waals surface area contributed by atoms with Crippen LogP contribution in [0.5, 0.6) is 5.75 Å². The van der Waals surface area contributed by atoms with E-state index in [1.165, 1.54) is 0 Å². The molecule has 0 saturated carbocycles. The van der Waals surface area contributed by atoms with E-state index in [0.29, 0.717) is 17.2 Å². The van der Waals surface area contributed by atoms with Gasteiger partial charge in [0.15, 0.2) is 0 Å². The van der Waals surface area contributed by atoms with Gasteiger partial charge in [-0.05, 0) is 24.3 Å². The summed E-state index contributed by atoms with van der Waals surface area (Å²) in [4.78, 5) is 5.30. The van der Waals surface area contributed by atoms with Gasteiger partial charge in [0.25, 0.3) is 0 Å². The first-order chi connectivity index (χ1) is 8.81. The predicted octanol–water partition coefficient (Wildman–Crippen LogP) is 2.92. The molecule has 2 aromatic rings. The first-order valence-corrected chi connectivity index (χ1v) is 6.64. The molecule has 2 rings (SSSR count). The highest BCUT2D eigenvalue weighted by Gasteiger charge is 2.14. The average molecular weight is 261 g/mol. The van der Waals surface area contributed by atoms with E-state index in [9.17, 15) is 5.11 Å². The maximum absolute atomic E-state index is 10.1. The number of hydrogen-bond acceptors (Lipinski definition) is 4. The van der Waals surface area contributed by atoms with Crippen molar-refractivity contribution in [2.24, 2.45) is 0 Å². The molecule has 0 spiro atoms. The van der Waals surface area contributed by atoms with Crippen molar-refractivity contribution in [3.63, 3.8) is 0 Å². The second-order valence-electron chi connectivity index (χ2n) is 3.73. The van der Waals surface area contributed by atoms with E-state index < -0.39 is 6.10 Å². The van der Waals surface area contributed by atoms with Crippen molar-refractivity contribution >= 4 is 11.8 Å². The van der Waals surface area contributed by atoms with Crippen molar-refractivity contribution in [3.05, 3.63) is 54.4 Å². The number of hydrogen-bond donors (Lipinski definition) is 1. The van der Waals surface area contributed by atoms with Crippen molar-refractivity contribution < 1.29 is 9.84 Å². The second-order valence-corrected chi connectivity index (χ2v) is 4.82. The third-order valence-corrected chi connectivity index (χ3v) is 3.57. The zero-order valence-corrected chi connectivity index (χ0v) is 10.9. The Kier molecular flexibility index (Phi) is 4.61. The first kappa shape index (κ1) is 12.9. The SMILES string of the molecule is COc1cccnc1C(O)CSc1ccccc1. The Hall–Kier alpha value is -1.52. The highest BCUT2D eigenvalue weighted by Crippen LogP contribution is 2.28. The molecular weight excluding hydrogens is 246 g/mol. The van der Waals surface area contributed by atoms with Crippen LogP contribution in [0.25, 0.3) is 0 Å². The summed E-state index contributed by atoms with van der Waals surface area (Å²) in [7, 11) is 1.58. The predicted molar refractivity (Wildman–Crippen MR) is 72.9 cm³/mol. The molecule has 18 heavy (non-hydrogen) atoms. The molecule has 1 heterocycles. The van der Waals surface area contributed by atoms with Crippen LogP contribution in [0.15, 0.2) is 53.6 Å². The van der Waals surface area contributed by atoms with Crippen LogP contribution in [0.1, 0.15) is 11.8 Å². The van der Waals surface area contributed by atoms with Crippen LogP contribution in [0.3, 0.4) is 0 Å². The molecule has 0 fully saturated rings. The van der Waals surface area contributed by atoms with E-state index in [-0.39, 0.29) is 0 Å². The standard InChI is InChI=1S/C14H15NO2S/c1-17-13-8-5-9-15-14(13)12(16)10-18-11-6-3-2-4-7-11/h2-9,12,16H,10H2,1H3. The summed E-state index contributed by atoms with van der Waals surface area (Å²) < 4.78 is 5.19. The largest absolute Gasteiger partial charge is 0.495 e. The van der Waals surface area contributed by atoms with E-state index in [1.54, 1.807) is 37.2 Å². The number of aliphatic hydroxyl groups excluding tert-OH is 1. The number of rotatable bonds is 5. The maximum Gasteiger partial charge on any atom is 0.143 e. The van der Waals surface area contributed by atoms with Crippen LogP contribution in [-0.4, -0.2) is 23.0 Å². The molecule has 0 radical (unpaired) electrons. The van der Waals surface area contributed by atoms with Gasteiger partial charge in [-0.15, -0.1) is 11.8 Å². The number of nitrogens with zero attached hydrogens (tertiary/aromatic N) is 1. The Morgan fingerprint density at radius 3 is 2.72 bits per heavy atom. The van der Waals surface area contributed by atoms with Gasteiger partial charge in [-0.3, -0.25) is 4.98 Å². The van der Waals surface area contributed by atoms with Crippen molar-refractivity contribution in [3.8, 4) is 5.75 Å². The van der Waals surface area contributed by atoms with Gasteiger partial charge in [0, 0.05) is 16.8 Å². The van der Waals surface area contributed by atoms with E-state index in [0.717, 1.165) is 4.90 Å². The molecule has 0 saturated heterocycles. The number of methoxy groups -OCH3 is 1. The van der Waals surface area contributed by atoms with Gasteiger partial charge in [0.2, 0.25) is 0 Å². The molecule has 1 aromatic heterocycles. The van der Waals surface area contributed by atoms with Gasteiger partial charge in [-0.2, -0.15) is 0 Å². The number of thioether (sulfide) groups is 1. The molecule has 1 N–H and O–H groups in total. The summed E-state index contributed by atoms with van der Waals surface area (Å²) in [6, 6.07) is 13.6. The van der Waals surface area contributed by atoms with E-state index >= 15 is 0 Å². The monoisotopic (exact) mass is 261 g/mol. The summed E-state index contributed by atoms with van der Waals surface area (Å²) in [6.45, 7) is 0. The van der Waals surface area contributed by atoms with Crippen LogP contribution in [0.4, 0.5) is 0 Å². The summed E-state index contributed by atoms with van der Waals surface area (Å²) >= 11 is 1.60. The van der Waals surface area contributed by atoms with Gasteiger partial charge in [-0.1, -0.05) is 18.2 Å². The number of pyridine rings is 1. The Labute approximate surface area is 111 Å². The zero-order chi connectivity index (χ0) is 12.8. The van der Waals surface area contributed by atoms with Gasteiger partial charge < -0.3 is 9.84 Å². The minimum absolute atomic E-state index is 0.553. The number of aromatic nitrogens is 1. The lowest BCUT2D eigenvalue weighted by molar-refractivity contribution is 0.193. The van der Waals surface area contributed by atoms with E-state index in [4.69, 9.17) is 4.74 Å². The lowest BCUT2D eigenvalue weighted by Gasteiger charge is -2.13. The molecule has 0 bridgehead atoms. The first-order valence-electron chi connectivity index (χ1n) is 5.66. The third-order valence-electron chi connectivity index (χ3n) is 2.49. The highest BCUT2D eigenvalue weighted by atomic mass is 32.2. The molecule has 1 aromatic carbocycles.